The van der Waals surface area contributed by atoms with Crippen LogP contribution in [0, 0.1) is 0 Å². The average Bonchev–Trinajstić information content (AvgIpc) is 2.94. The third kappa shape index (κ3) is 5.72. The maximum absolute atomic E-state index is 13.0. The fraction of sp³-hybridized carbons (Fsp3) is 0.188. The van der Waals surface area contributed by atoms with E-state index in [0.717, 1.165) is 37.1 Å². The minimum atomic E-state index is -0.244. The fourth-order valence-corrected chi connectivity index (χ4v) is 4.84. The highest BCUT2D eigenvalue weighted by Crippen LogP contribution is 2.28. The summed E-state index contributed by atoms with van der Waals surface area (Å²) in [5.74, 6) is -0.476. The molecule has 37 heavy (non-hydrogen) atoms. The molecule has 0 unspecified atom stereocenters. The van der Waals surface area contributed by atoms with E-state index in [0.29, 0.717) is 16.8 Å². The maximum Gasteiger partial charge on any atom is 0.255 e. The molecule has 0 bridgehead atoms. The standard InChI is InChI=1S/C32H31N3O2/c1-23(25-10-3-2-4-11-25)33-32(37)28-14-6-7-15-29(28)34-31(36)27-19-17-24(18-20-27)22-35-21-9-13-26-12-5-8-16-30(26)35/h2-8,10-12,14-20,23H,9,13,21-22H2,1H3,(H,33,37)(H,34,36)/t23-/m1/s1. The van der Waals surface area contributed by atoms with Crippen molar-refractivity contribution >= 4 is 23.2 Å². The number of amides is 2. The molecule has 1 atom stereocenters. The molecule has 1 aliphatic rings. The molecular formula is C32H31N3O2. The van der Waals surface area contributed by atoms with Gasteiger partial charge in [0, 0.05) is 24.3 Å². The van der Waals surface area contributed by atoms with Crippen LogP contribution in [0.2, 0.25) is 0 Å². The molecule has 1 heterocycles. The topological polar surface area (TPSA) is 61.4 Å². The first-order chi connectivity index (χ1) is 18.1. The Morgan fingerprint density at radius 3 is 2.32 bits per heavy atom. The van der Waals surface area contributed by atoms with Crippen LogP contribution in [0.25, 0.3) is 0 Å². The smallest absolute Gasteiger partial charge is 0.255 e. The second-order valence-corrected chi connectivity index (χ2v) is 9.46. The molecule has 2 amide bonds. The van der Waals surface area contributed by atoms with Gasteiger partial charge in [0.2, 0.25) is 0 Å². The van der Waals surface area contributed by atoms with Gasteiger partial charge in [-0.3, -0.25) is 9.59 Å². The van der Waals surface area contributed by atoms with Crippen molar-refractivity contribution in [2.75, 3.05) is 16.8 Å². The first-order valence-electron chi connectivity index (χ1n) is 12.8. The van der Waals surface area contributed by atoms with E-state index in [4.69, 9.17) is 0 Å². The van der Waals surface area contributed by atoms with E-state index < -0.39 is 0 Å². The van der Waals surface area contributed by atoms with Gasteiger partial charge in [-0.2, -0.15) is 0 Å². The molecule has 0 aromatic heterocycles. The number of fused-ring (bicyclic) bond motifs is 1. The normalized spacial score (nSPS) is 13.4. The molecule has 0 radical (unpaired) electrons. The lowest BCUT2D eigenvalue weighted by molar-refractivity contribution is 0.0940. The molecule has 5 nitrogen and oxygen atoms in total. The highest BCUT2D eigenvalue weighted by Gasteiger charge is 2.18. The van der Waals surface area contributed by atoms with Crippen molar-refractivity contribution in [2.45, 2.75) is 32.4 Å². The van der Waals surface area contributed by atoms with Gasteiger partial charge >= 0.3 is 0 Å². The van der Waals surface area contributed by atoms with Gasteiger partial charge in [0.05, 0.1) is 17.3 Å². The quantitative estimate of drug-likeness (QED) is 0.317. The zero-order valence-electron chi connectivity index (χ0n) is 21.0. The SMILES string of the molecule is C[C@@H](NC(=O)c1ccccc1NC(=O)c1ccc(CN2CCCc3ccccc32)cc1)c1ccccc1. The Hall–Kier alpha value is -4.38. The highest BCUT2D eigenvalue weighted by atomic mass is 16.2. The van der Waals surface area contributed by atoms with Crippen LogP contribution in [0.4, 0.5) is 11.4 Å². The largest absolute Gasteiger partial charge is 0.367 e. The van der Waals surface area contributed by atoms with Crippen LogP contribution < -0.4 is 15.5 Å². The Morgan fingerprint density at radius 2 is 1.51 bits per heavy atom. The monoisotopic (exact) mass is 489 g/mol. The molecule has 0 saturated heterocycles. The number of carbonyl (C=O) groups is 2. The van der Waals surface area contributed by atoms with Crippen molar-refractivity contribution in [3.63, 3.8) is 0 Å². The molecule has 5 heteroatoms. The number of aryl methyl sites for hydroxylation is 1. The first kappa shape index (κ1) is 24.3. The number of hydrogen-bond donors (Lipinski definition) is 2. The molecule has 186 valence electrons. The Kier molecular flexibility index (Phi) is 7.31. The molecule has 2 N–H and O–H groups in total. The predicted molar refractivity (Wildman–Crippen MR) is 149 cm³/mol. The number of hydrogen-bond acceptors (Lipinski definition) is 3. The third-order valence-corrected chi connectivity index (χ3v) is 6.86. The summed E-state index contributed by atoms with van der Waals surface area (Å²) in [6.07, 6.45) is 2.27. The van der Waals surface area contributed by atoms with Crippen LogP contribution in [0.3, 0.4) is 0 Å². The third-order valence-electron chi connectivity index (χ3n) is 6.86. The maximum atomic E-state index is 13.0. The molecule has 5 rings (SSSR count). The Labute approximate surface area is 218 Å². The lowest BCUT2D eigenvalue weighted by Gasteiger charge is -2.31. The van der Waals surface area contributed by atoms with Gasteiger partial charge in [-0.25, -0.2) is 0 Å². The zero-order valence-corrected chi connectivity index (χ0v) is 21.0. The van der Waals surface area contributed by atoms with E-state index in [1.54, 1.807) is 18.2 Å². The Morgan fingerprint density at radius 1 is 0.811 bits per heavy atom. The van der Waals surface area contributed by atoms with Crippen LogP contribution >= 0.6 is 0 Å². The van der Waals surface area contributed by atoms with Gasteiger partial charge in [-0.05, 0) is 66.8 Å². The van der Waals surface area contributed by atoms with E-state index in [1.165, 1.54) is 11.3 Å². The van der Waals surface area contributed by atoms with Crippen LogP contribution in [0.15, 0.2) is 103 Å². The number of carbonyl (C=O) groups excluding carboxylic acids is 2. The molecule has 0 aliphatic carbocycles. The molecule has 0 saturated carbocycles. The summed E-state index contributed by atoms with van der Waals surface area (Å²) in [7, 11) is 0. The minimum absolute atomic E-state index is 0.156. The Balaban J connectivity index is 1.25. The van der Waals surface area contributed by atoms with Crippen molar-refractivity contribution in [1.29, 1.82) is 0 Å². The summed E-state index contributed by atoms with van der Waals surface area (Å²) in [6.45, 7) is 3.78. The first-order valence-corrected chi connectivity index (χ1v) is 12.8. The summed E-state index contributed by atoms with van der Waals surface area (Å²) in [5, 5.41) is 5.95. The van der Waals surface area contributed by atoms with Gasteiger partial charge in [-0.15, -0.1) is 0 Å². The second kappa shape index (κ2) is 11.1. The van der Waals surface area contributed by atoms with E-state index >= 15 is 0 Å². The number of anilines is 2. The summed E-state index contributed by atoms with van der Waals surface area (Å²) >= 11 is 0. The summed E-state index contributed by atoms with van der Waals surface area (Å²) < 4.78 is 0. The van der Waals surface area contributed by atoms with Gasteiger partial charge in [0.25, 0.3) is 11.8 Å². The molecular weight excluding hydrogens is 458 g/mol. The van der Waals surface area contributed by atoms with Crippen molar-refractivity contribution in [3.8, 4) is 0 Å². The van der Waals surface area contributed by atoms with Gasteiger partial charge in [-0.1, -0.05) is 72.8 Å². The fourth-order valence-electron chi connectivity index (χ4n) is 4.84. The van der Waals surface area contributed by atoms with Crippen molar-refractivity contribution in [1.82, 2.24) is 5.32 Å². The zero-order chi connectivity index (χ0) is 25.6. The van der Waals surface area contributed by atoms with Crippen LogP contribution in [-0.2, 0) is 13.0 Å². The van der Waals surface area contributed by atoms with Crippen LogP contribution in [-0.4, -0.2) is 18.4 Å². The van der Waals surface area contributed by atoms with E-state index in [2.05, 4.69) is 39.8 Å². The van der Waals surface area contributed by atoms with Crippen molar-refractivity contribution in [2.24, 2.45) is 0 Å². The number of para-hydroxylation sites is 2. The van der Waals surface area contributed by atoms with Gasteiger partial charge in [0.15, 0.2) is 0 Å². The van der Waals surface area contributed by atoms with Crippen LogP contribution in [0.5, 0.6) is 0 Å². The molecule has 0 spiro atoms. The average molecular weight is 490 g/mol. The van der Waals surface area contributed by atoms with Gasteiger partial charge < -0.3 is 15.5 Å². The highest BCUT2D eigenvalue weighted by molar-refractivity contribution is 6.09. The summed E-state index contributed by atoms with van der Waals surface area (Å²) in [5.41, 5.74) is 6.33. The molecule has 4 aromatic carbocycles. The molecule has 4 aromatic rings. The number of rotatable bonds is 7. The molecule has 0 fully saturated rings. The molecule has 1 aliphatic heterocycles. The minimum Gasteiger partial charge on any atom is -0.367 e. The van der Waals surface area contributed by atoms with Crippen molar-refractivity contribution in [3.05, 3.63) is 131 Å². The Bertz CT molecular complexity index is 1380. The summed E-state index contributed by atoms with van der Waals surface area (Å²) in [4.78, 5) is 28.5. The predicted octanol–water partition coefficient (Wildman–Crippen LogP) is 6.38. The van der Waals surface area contributed by atoms with Gasteiger partial charge in [0.1, 0.15) is 0 Å². The van der Waals surface area contributed by atoms with E-state index in [-0.39, 0.29) is 17.9 Å². The van der Waals surface area contributed by atoms with E-state index in [1.807, 2.05) is 67.6 Å². The lowest BCUT2D eigenvalue weighted by Crippen LogP contribution is -2.28. The van der Waals surface area contributed by atoms with E-state index in [9.17, 15) is 9.59 Å². The number of nitrogens with one attached hydrogen (secondary N) is 2. The van der Waals surface area contributed by atoms with Crippen molar-refractivity contribution < 1.29 is 9.59 Å². The number of nitrogens with zero attached hydrogens (tertiary/aromatic N) is 1. The number of benzene rings is 4. The second-order valence-electron chi connectivity index (χ2n) is 9.46. The lowest BCUT2D eigenvalue weighted by atomic mass is 10.0. The van der Waals surface area contributed by atoms with Crippen LogP contribution in [0.1, 0.15) is 56.8 Å². The summed E-state index contributed by atoms with van der Waals surface area (Å²) in [6, 6.07) is 33.0.